The number of amides is 1. The van der Waals surface area contributed by atoms with Crippen molar-refractivity contribution >= 4 is 23.2 Å². The number of hydrogen-bond acceptors (Lipinski definition) is 5. The summed E-state index contributed by atoms with van der Waals surface area (Å²) in [6.45, 7) is 4.03. The lowest BCUT2D eigenvalue weighted by atomic mass is 9.89. The van der Waals surface area contributed by atoms with E-state index >= 15 is 0 Å². The highest BCUT2D eigenvalue weighted by Gasteiger charge is 2.24. The van der Waals surface area contributed by atoms with Crippen LogP contribution in [0.1, 0.15) is 30.6 Å². The molecule has 0 aliphatic rings. The van der Waals surface area contributed by atoms with Crippen molar-refractivity contribution in [3.05, 3.63) is 33.1 Å². The zero-order chi connectivity index (χ0) is 15.3. The third-order valence-electron chi connectivity index (χ3n) is 2.81. The van der Waals surface area contributed by atoms with E-state index in [1.54, 1.807) is 0 Å². The molecule has 0 unspecified atom stereocenters. The maximum Gasteiger partial charge on any atom is 0.300 e. The summed E-state index contributed by atoms with van der Waals surface area (Å²) in [5, 5.41) is 22.4. The van der Waals surface area contributed by atoms with Crippen molar-refractivity contribution < 1.29 is 14.8 Å². The van der Waals surface area contributed by atoms with E-state index < -0.39 is 16.5 Å². The van der Waals surface area contributed by atoms with Gasteiger partial charge in [-0.15, -0.1) is 0 Å². The first kappa shape index (κ1) is 16.3. The highest BCUT2D eigenvalue weighted by molar-refractivity contribution is 6.29. The van der Waals surface area contributed by atoms with Crippen LogP contribution in [0, 0.1) is 15.5 Å². The average Bonchev–Trinajstić information content (AvgIpc) is 2.35. The summed E-state index contributed by atoms with van der Waals surface area (Å²) in [5.41, 5.74) is -0.836. The monoisotopic (exact) mass is 301 g/mol. The number of halogens is 1. The van der Waals surface area contributed by atoms with Crippen molar-refractivity contribution in [3.8, 4) is 0 Å². The van der Waals surface area contributed by atoms with Gasteiger partial charge in [0.2, 0.25) is 0 Å². The molecule has 110 valence electrons. The fraction of sp³-hybridized carbons (Fsp3) is 0.500. The molecule has 1 heterocycles. The molecule has 0 atom stereocenters. The maximum atomic E-state index is 12.0. The van der Waals surface area contributed by atoms with E-state index in [1.165, 1.54) is 0 Å². The summed E-state index contributed by atoms with van der Waals surface area (Å²) >= 11 is 5.66. The molecule has 0 saturated carbocycles. The van der Waals surface area contributed by atoms with Crippen molar-refractivity contribution in [1.82, 2.24) is 10.3 Å². The van der Waals surface area contributed by atoms with Crippen molar-refractivity contribution in [1.29, 1.82) is 0 Å². The highest BCUT2D eigenvalue weighted by atomic mass is 35.5. The van der Waals surface area contributed by atoms with Crippen LogP contribution < -0.4 is 5.32 Å². The van der Waals surface area contributed by atoms with Crippen LogP contribution in [-0.4, -0.2) is 34.1 Å². The first-order valence-corrected chi connectivity index (χ1v) is 6.33. The zero-order valence-electron chi connectivity index (χ0n) is 11.2. The molecule has 0 saturated heterocycles. The number of nitrogens with one attached hydrogen (secondary N) is 1. The molecule has 0 aliphatic heterocycles. The second kappa shape index (κ2) is 6.62. The molecule has 20 heavy (non-hydrogen) atoms. The van der Waals surface area contributed by atoms with E-state index in [0.29, 0.717) is 6.42 Å². The van der Waals surface area contributed by atoms with E-state index in [9.17, 15) is 14.9 Å². The SMILES string of the molecule is CC(C)(CCO)CNC(=O)c1cc(Cl)ncc1[N+](=O)[O-]. The van der Waals surface area contributed by atoms with Crippen LogP contribution in [0.2, 0.25) is 5.15 Å². The summed E-state index contributed by atoms with van der Waals surface area (Å²) in [6, 6.07) is 1.16. The van der Waals surface area contributed by atoms with E-state index in [4.69, 9.17) is 16.7 Å². The number of hydrogen-bond donors (Lipinski definition) is 2. The van der Waals surface area contributed by atoms with Crippen LogP contribution in [0.25, 0.3) is 0 Å². The van der Waals surface area contributed by atoms with E-state index in [0.717, 1.165) is 12.3 Å². The Labute approximate surface area is 121 Å². The van der Waals surface area contributed by atoms with Gasteiger partial charge in [-0.2, -0.15) is 0 Å². The first-order valence-electron chi connectivity index (χ1n) is 5.96. The molecular formula is C12H16ClN3O4. The molecule has 1 rings (SSSR count). The lowest BCUT2D eigenvalue weighted by molar-refractivity contribution is -0.385. The highest BCUT2D eigenvalue weighted by Crippen LogP contribution is 2.22. The number of aliphatic hydroxyl groups is 1. The summed E-state index contributed by atoms with van der Waals surface area (Å²) in [6.07, 6.45) is 1.46. The topological polar surface area (TPSA) is 105 Å². The molecule has 0 bridgehead atoms. The van der Waals surface area contributed by atoms with Gasteiger partial charge in [0.15, 0.2) is 0 Å². The van der Waals surface area contributed by atoms with Gasteiger partial charge < -0.3 is 10.4 Å². The number of pyridine rings is 1. The maximum absolute atomic E-state index is 12.0. The van der Waals surface area contributed by atoms with Gasteiger partial charge in [0, 0.05) is 13.2 Å². The molecule has 0 fully saturated rings. The minimum Gasteiger partial charge on any atom is -0.396 e. The number of nitrogens with zero attached hydrogens (tertiary/aromatic N) is 2. The minimum absolute atomic E-state index is 0.00407. The standard InChI is InChI=1S/C12H16ClN3O4/c1-12(2,3-4-17)7-15-11(18)8-5-10(13)14-6-9(8)16(19)20/h5-6,17H,3-4,7H2,1-2H3,(H,15,18). The van der Waals surface area contributed by atoms with Crippen molar-refractivity contribution in [3.63, 3.8) is 0 Å². The third-order valence-corrected chi connectivity index (χ3v) is 3.01. The number of aliphatic hydroxyl groups excluding tert-OH is 1. The zero-order valence-corrected chi connectivity index (χ0v) is 12.0. The van der Waals surface area contributed by atoms with Crippen LogP contribution in [0.15, 0.2) is 12.3 Å². The van der Waals surface area contributed by atoms with Gasteiger partial charge in [-0.3, -0.25) is 14.9 Å². The summed E-state index contributed by atoms with van der Waals surface area (Å²) in [5.74, 6) is -0.591. The first-order chi connectivity index (χ1) is 9.26. The minimum atomic E-state index is -0.683. The Kier molecular flexibility index (Phi) is 5.41. The number of carbonyl (C=O) groups excluding carboxylic acids is 1. The van der Waals surface area contributed by atoms with Gasteiger partial charge in [-0.05, 0) is 17.9 Å². The molecular weight excluding hydrogens is 286 g/mol. The fourth-order valence-corrected chi connectivity index (χ4v) is 1.71. The molecule has 0 radical (unpaired) electrons. The number of rotatable bonds is 6. The Hall–Kier alpha value is -1.73. The van der Waals surface area contributed by atoms with Gasteiger partial charge in [0.25, 0.3) is 11.6 Å². The average molecular weight is 302 g/mol. The van der Waals surface area contributed by atoms with Crippen LogP contribution in [-0.2, 0) is 0 Å². The van der Waals surface area contributed by atoms with E-state index in [1.807, 2.05) is 13.8 Å². The van der Waals surface area contributed by atoms with Gasteiger partial charge in [-0.1, -0.05) is 25.4 Å². The Morgan fingerprint density at radius 2 is 2.25 bits per heavy atom. The number of carbonyl (C=O) groups is 1. The van der Waals surface area contributed by atoms with Gasteiger partial charge in [0.1, 0.15) is 16.9 Å². The van der Waals surface area contributed by atoms with Gasteiger partial charge in [-0.25, -0.2) is 4.98 Å². The molecule has 2 N–H and O–H groups in total. The van der Waals surface area contributed by atoms with Crippen LogP contribution >= 0.6 is 11.6 Å². The van der Waals surface area contributed by atoms with E-state index in [-0.39, 0.29) is 29.3 Å². The molecule has 1 amide bonds. The Bertz CT molecular complexity index is 519. The Morgan fingerprint density at radius 3 is 2.80 bits per heavy atom. The Balaban J connectivity index is 2.87. The van der Waals surface area contributed by atoms with Crippen molar-refractivity contribution in [2.45, 2.75) is 20.3 Å². The summed E-state index contributed by atoms with van der Waals surface area (Å²) in [4.78, 5) is 25.8. The molecule has 1 aromatic heterocycles. The second-order valence-electron chi connectivity index (χ2n) is 5.10. The van der Waals surface area contributed by atoms with Gasteiger partial charge >= 0.3 is 0 Å². The normalized spacial score (nSPS) is 11.2. The quantitative estimate of drug-likeness (QED) is 0.473. The van der Waals surface area contributed by atoms with Crippen molar-refractivity contribution in [2.24, 2.45) is 5.41 Å². The van der Waals surface area contributed by atoms with Crippen LogP contribution in [0.5, 0.6) is 0 Å². The van der Waals surface area contributed by atoms with Crippen molar-refractivity contribution in [2.75, 3.05) is 13.2 Å². The second-order valence-corrected chi connectivity index (χ2v) is 5.49. The van der Waals surface area contributed by atoms with Gasteiger partial charge in [0.05, 0.1) is 4.92 Å². The molecule has 8 heteroatoms. The molecule has 0 aromatic carbocycles. The fourth-order valence-electron chi connectivity index (χ4n) is 1.56. The van der Waals surface area contributed by atoms with Crippen LogP contribution in [0.3, 0.4) is 0 Å². The molecule has 0 spiro atoms. The molecule has 7 nitrogen and oxygen atoms in total. The number of aromatic nitrogens is 1. The predicted octanol–water partition coefficient (Wildman–Crippen LogP) is 1.78. The third kappa shape index (κ3) is 4.43. The summed E-state index contributed by atoms with van der Waals surface area (Å²) < 4.78 is 0. The Morgan fingerprint density at radius 1 is 1.60 bits per heavy atom. The van der Waals surface area contributed by atoms with Crippen LogP contribution in [0.4, 0.5) is 5.69 Å². The molecule has 0 aliphatic carbocycles. The van der Waals surface area contributed by atoms with E-state index in [2.05, 4.69) is 10.3 Å². The predicted molar refractivity (Wildman–Crippen MR) is 73.7 cm³/mol. The molecule has 1 aromatic rings. The summed E-state index contributed by atoms with van der Waals surface area (Å²) in [7, 11) is 0. The largest absolute Gasteiger partial charge is 0.396 e. The number of nitro groups is 1. The lowest BCUT2D eigenvalue weighted by Crippen LogP contribution is -2.34. The smallest absolute Gasteiger partial charge is 0.300 e. The lowest BCUT2D eigenvalue weighted by Gasteiger charge is -2.23.